The molecule has 0 bridgehead atoms. The van der Waals surface area contributed by atoms with Crippen LogP contribution >= 0.6 is 11.8 Å². The van der Waals surface area contributed by atoms with Gasteiger partial charge in [-0.25, -0.2) is 13.2 Å². The number of halogens is 3. The van der Waals surface area contributed by atoms with E-state index < -0.39 is 23.2 Å². The van der Waals surface area contributed by atoms with Crippen molar-refractivity contribution in [2.24, 2.45) is 0 Å². The van der Waals surface area contributed by atoms with Crippen LogP contribution in [0.15, 0.2) is 36.4 Å². The van der Waals surface area contributed by atoms with E-state index in [4.69, 9.17) is 0 Å². The Morgan fingerprint density at radius 1 is 1.04 bits per heavy atom. The molecule has 3 rings (SSSR count). The van der Waals surface area contributed by atoms with Gasteiger partial charge in [-0.1, -0.05) is 24.3 Å². The fourth-order valence-electron chi connectivity index (χ4n) is 2.72. The lowest BCUT2D eigenvalue weighted by molar-refractivity contribution is 0.103. The first-order chi connectivity index (χ1) is 11.6. The monoisotopic (exact) mass is 351 g/mol. The molecule has 0 aromatic heterocycles. The van der Waals surface area contributed by atoms with Crippen LogP contribution in [-0.4, -0.2) is 35.3 Å². The van der Waals surface area contributed by atoms with Crippen molar-refractivity contribution < 1.29 is 18.0 Å². The molecule has 0 atom stereocenters. The minimum Gasteiger partial charge on any atom is -0.297 e. The van der Waals surface area contributed by atoms with E-state index in [1.165, 1.54) is 0 Å². The van der Waals surface area contributed by atoms with Gasteiger partial charge in [-0.3, -0.25) is 9.69 Å². The van der Waals surface area contributed by atoms with E-state index >= 15 is 0 Å². The Labute approximate surface area is 142 Å². The Bertz CT molecular complexity index is 737. The largest absolute Gasteiger partial charge is 0.297 e. The number of benzene rings is 2. The molecule has 0 saturated carbocycles. The molecule has 2 nitrogen and oxygen atoms in total. The van der Waals surface area contributed by atoms with E-state index in [9.17, 15) is 18.0 Å². The molecule has 6 heteroatoms. The maximum atomic E-state index is 13.4. The van der Waals surface area contributed by atoms with Crippen LogP contribution in [0.1, 0.15) is 21.5 Å². The van der Waals surface area contributed by atoms with Crippen molar-refractivity contribution in [3.05, 3.63) is 70.5 Å². The van der Waals surface area contributed by atoms with Gasteiger partial charge in [0.25, 0.3) is 0 Å². The number of ketones is 1. The molecule has 2 aromatic carbocycles. The van der Waals surface area contributed by atoms with Crippen molar-refractivity contribution in [3.63, 3.8) is 0 Å². The SMILES string of the molecule is O=C(c1cc(F)c(F)c(F)c1)c1ccccc1CN1CCSCC1. The van der Waals surface area contributed by atoms with Gasteiger partial charge < -0.3 is 0 Å². The second-order valence-electron chi connectivity index (χ2n) is 5.63. The Hall–Kier alpha value is -1.79. The van der Waals surface area contributed by atoms with Crippen LogP contribution in [0.5, 0.6) is 0 Å². The fraction of sp³-hybridized carbons (Fsp3) is 0.278. The summed E-state index contributed by atoms with van der Waals surface area (Å²) in [4.78, 5) is 14.9. The van der Waals surface area contributed by atoms with Crippen LogP contribution in [0.25, 0.3) is 0 Å². The standard InChI is InChI=1S/C18H16F3NOS/c19-15-9-13(10-16(20)17(15)21)18(23)14-4-2-1-3-12(14)11-22-5-7-24-8-6-22/h1-4,9-10H,5-8,11H2. The number of nitrogens with zero attached hydrogens (tertiary/aromatic N) is 1. The van der Waals surface area contributed by atoms with Crippen molar-refractivity contribution in [1.82, 2.24) is 4.90 Å². The van der Waals surface area contributed by atoms with E-state index in [2.05, 4.69) is 4.90 Å². The van der Waals surface area contributed by atoms with Crippen molar-refractivity contribution in [2.75, 3.05) is 24.6 Å². The fourth-order valence-corrected chi connectivity index (χ4v) is 3.70. The van der Waals surface area contributed by atoms with Gasteiger partial charge in [0, 0.05) is 42.3 Å². The predicted octanol–water partition coefficient (Wildman–Crippen LogP) is 3.88. The van der Waals surface area contributed by atoms with Crippen LogP contribution in [0.2, 0.25) is 0 Å². The van der Waals surface area contributed by atoms with Crippen molar-refractivity contribution >= 4 is 17.5 Å². The first kappa shape index (κ1) is 17.0. The van der Waals surface area contributed by atoms with Gasteiger partial charge in [0.15, 0.2) is 23.2 Å². The summed E-state index contributed by atoms with van der Waals surface area (Å²) in [5.41, 5.74) is 1.01. The summed E-state index contributed by atoms with van der Waals surface area (Å²) in [6.07, 6.45) is 0. The highest BCUT2D eigenvalue weighted by molar-refractivity contribution is 7.99. The number of carbonyl (C=O) groups is 1. The molecule has 1 heterocycles. The Balaban J connectivity index is 1.90. The smallest absolute Gasteiger partial charge is 0.194 e. The van der Waals surface area contributed by atoms with E-state index in [0.29, 0.717) is 12.1 Å². The molecule has 0 radical (unpaired) electrons. The summed E-state index contributed by atoms with van der Waals surface area (Å²) in [5.74, 6) is -2.69. The zero-order valence-electron chi connectivity index (χ0n) is 12.9. The lowest BCUT2D eigenvalue weighted by Crippen LogP contribution is -2.32. The summed E-state index contributed by atoms with van der Waals surface area (Å²) in [6.45, 7) is 2.48. The maximum Gasteiger partial charge on any atom is 0.194 e. The molecule has 2 aromatic rings. The molecule has 24 heavy (non-hydrogen) atoms. The Kier molecular flexibility index (Phi) is 5.26. The second-order valence-corrected chi connectivity index (χ2v) is 6.85. The molecule has 1 saturated heterocycles. The molecule has 1 fully saturated rings. The van der Waals surface area contributed by atoms with Crippen molar-refractivity contribution in [2.45, 2.75) is 6.54 Å². The van der Waals surface area contributed by atoms with E-state index in [-0.39, 0.29) is 5.56 Å². The van der Waals surface area contributed by atoms with Crippen LogP contribution in [0, 0.1) is 17.5 Å². The average molecular weight is 351 g/mol. The number of hydrogen-bond acceptors (Lipinski definition) is 3. The predicted molar refractivity (Wildman–Crippen MR) is 88.8 cm³/mol. The third kappa shape index (κ3) is 3.65. The zero-order valence-corrected chi connectivity index (χ0v) is 13.7. The van der Waals surface area contributed by atoms with Crippen LogP contribution in [0.3, 0.4) is 0 Å². The quantitative estimate of drug-likeness (QED) is 0.616. The molecule has 126 valence electrons. The molecule has 1 aliphatic rings. The van der Waals surface area contributed by atoms with Crippen LogP contribution in [-0.2, 0) is 6.54 Å². The lowest BCUT2D eigenvalue weighted by atomic mass is 9.97. The summed E-state index contributed by atoms with van der Waals surface area (Å²) in [5, 5.41) is 0. The number of rotatable bonds is 4. The molecule has 0 unspecified atom stereocenters. The molecule has 0 aliphatic carbocycles. The number of hydrogen-bond donors (Lipinski definition) is 0. The molecule has 1 aliphatic heterocycles. The van der Waals surface area contributed by atoms with Crippen molar-refractivity contribution in [3.8, 4) is 0 Å². The third-order valence-electron chi connectivity index (χ3n) is 4.01. The van der Waals surface area contributed by atoms with Crippen molar-refractivity contribution in [1.29, 1.82) is 0 Å². The summed E-state index contributed by atoms with van der Waals surface area (Å²) >= 11 is 1.89. The van der Waals surface area contributed by atoms with Crippen LogP contribution in [0.4, 0.5) is 13.2 Å². The molecule has 0 amide bonds. The van der Waals surface area contributed by atoms with E-state index in [0.717, 1.165) is 42.3 Å². The van der Waals surface area contributed by atoms with E-state index in [1.807, 2.05) is 23.9 Å². The zero-order chi connectivity index (χ0) is 17.1. The summed E-state index contributed by atoms with van der Waals surface area (Å²) in [7, 11) is 0. The molecule has 0 spiro atoms. The van der Waals surface area contributed by atoms with Gasteiger partial charge in [0.1, 0.15) is 0 Å². The Morgan fingerprint density at radius 3 is 2.33 bits per heavy atom. The minimum absolute atomic E-state index is 0.187. The lowest BCUT2D eigenvalue weighted by Gasteiger charge is -2.26. The molecular weight excluding hydrogens is 335 g/mol. The second kappa shape index (κ2) is 7.40. The van der Waals surface area contributed by atoms with Crippen LogP contribution < -0.4 is 0 Å². The van der Waals surface area contributed by atoms with Gasteiger partial charge in [-0.05, 0) is 17.7 Å². The highest BCUT2D eigenvalue weighted by atomic mass is 32.2. The molecular formula is C18H16F3NOS. The summed E-state index contributed by atoms with van der Waals surface area (Å²) < 4.78 is 39.9. The first-order valence-corrected chi connectivity index (χ1v) is 8.79. The van der Waals surface area contributed by atoms with Gasteiger partial charge in [-0.2, -0.15) is 11.8 Å². The molecule has 0 N–H and O–H groups in total. The van der Waals surface area contributed by atoms with Gasteiger partial charge in [0.05, 0.1) is 0 Å². The first-order valence-electron chi connectivity index (χ1n) is 7.63. The van der Waals surface area contributed by atoms with Gasteiger partial charge in [-0.15, -0.1) is 0 Å². The van der Waals surface area contributed by atoms with E-state index in [1.54, 1.807) is 12.1 Å². The summed E-state index contributed by atoms with van der Waals surface area (Å²) in [6, 6.07) is 8.50. The highest BCUT2D eigenvalue weighted by Crippen LogP contribution is 2.21. The normalized spacial score (nSPS) is 15.5. The third-order valence-corrected chi connectivity index (χ3v) is 4.95. The Morgan fingerprint density at radius 2 is 1.67 bits per heavy atom. The number of thioether (sulfide) groups is 1. The highest BCUT2D eigenvalue weighted by Gasteiger charge is 2.20. The maximum absolute atomic E-state index is 13.4. The van der Waals surface area contributed by atoms with Gasteiger partial charge >= 0.3 is 0 Å². The topological polar surface area (TPSA) is 20.3 Å². The minimum atomic E-state index is -1.56. The number of carbonyl (C=O) groups excluding carboxylic acids is 1. The average Bonchev–Trinajstić information content (AvgIpc) is 2.60. The van der Waals surface area contributed by atoms with Gasteiger partial charge in [0.2, 0.25) is 0 Å².